The summed E-state index contributed by atoms with van der Waals surface area (Å²) in [4.78, 5) is 15.3. The summed E-state index contributed by atoms with van der Waals surface area (Å²) >= 11 is 3.29. The van der Waals surface area contributed by atoms with Gasteiger partial charge in [0.05, 0.1) is 11.7 Å². The molecule has 0 aliphatic carbocycles. The van der Waals surface area contributed by atoms with Crippen LogP contribution < -0.4 is 0 Å². The Morgan fingerprint density at radius 1 is 1.53 bits per heavy atom. The van der Waals surface area contributed by atoms with E-state index in [1.807, 2.05) is 25.1 Å². The molecule has 17 heavy (non-hydrogen) atoms. The predicted octanol–water partition coefficient (Wildman–Crippen LogP) is 2.95. The number of hydrogen-bond acceptors (Lipinski definition) is 2. The van der Waals surface area contributed by atoms with E-state index in [2.05, 4.69) is 20.9 Å². The SMILES string of the molecule is CC(c1ccccn1)n1cc(Br)cc1C(=O)O. The molecular weight excluding hydrogens is 284 g/mol. The molecule has 2 aromatic rings. The van der Waals surface area contributed by atoms with E-state index in [0.29, 0.717) is 0 Å². The summed E-state index contributed by atoms with van der Waals surface area (Å²) in [5.41, 5.74) is 1.08. The molecule has 4 nitrogen and oxygen atoms in total. The highest BCUT2D eigenvalue weighted by Crippen LogP contribution is 2.23. The minimum atomic E-state index is -0.946. The van der Waals surface area contributed by atoms with Crippen LogP contribution in [-0.4, -0.2) is 20.6 Å². The van der Waals surface area contributed by atoms with E-state index < -0.39 is 5.97 Å². The van der Waals surface area contributed by atoms with Crippen molar-refractivity contribution < 1.29 is 9.90 Å². The smallest absolute Gasteiger partial charge is 0.352 e. The molecule has 1 atom stereocenters. The fourth-order valence-electron chi connectivity index (χ4n) is 1.70. The summed E-state index contributed by atoms with van der Waals surface area (Å²) in [7, 11) is 0. The number of carboxylic acids is 1. The molecule has 0 aliphatic rings. The van der Waals surface area contributed by atoms with Crippen LogP contribution >= 0.6 is 15.9 Å². The van der Waals surface area contributed by atoms with E-state index in [1.165, 1.54) is 0 Å². The van der Waals surface area contributed by atoms with Gasteiger partial charge in [0.1, 0.15) is 5.69 Å². The number of hydrogen-bond donors (Lipinski definition) is 1. The number of nitrogens with zero attached hydrogens (tertiary/aromatic N) is 2. The Bertz CT molecular complexity index is 537. The molecule has 0 radical (unpaired) electrons. The molecule has 2 rings (SSSR count). The quantitative estimate of drug-likeness (QED) is 0.947. The number of pyridine rings is 1. The second kappa shape index (κ2) is 4.71. The van der Waals surface area contributed by atoms with Gasteiger partial charge in [-0.3, -0.25) is 4.98 Å². The summed E-state index contributed by atoms with van der Waals surface area (Å²) in [5, 5.41) is 9.11. The Hall–Kier alpha value is -1.62. The maximum Gasteiger partial charge on any atom is 0.352 e. The number of carboxylic acid groups (broad SMARTS) is 1. The largest absolute Gasteiger partial charge is 0.477 e. The average Bonchev–Trinajstić information content (AvgIpc) is 2.72. The third-order valence-corrected chi connectivity index (χ3v) is 3.00. The van der Waals surface area contributed by atoms with Gasteiger partial charge in [0, 0.05) is 16.9 Å². The van der Waals surface area contributed by atoms with Crippen molar-refractivity contribution in [2.24, 2.45) is 0 Å². The molecule has 88 valence electrons. The van der Waals surface area contributed by atoms with E-state index in [4.69, 9.17) is 5.11 Å². The lowest BCUT2D eigenvalue weighted by molar-refractivity contribution is 0.0684. The van der Waals surface area contributed by atoms with Gasteiger partial charge < -0.3 is 9.67 Å². The van der Waals surface area contributed by atoms with Crippen LogP contribution in [0.4, 0.5) is 0 Å². The van der Waals surface area contributed by atoms with Gasteiger partial charge >= 0.3 is 5.97 Å². The highest BCUT2D eigenvalue weighted by molar-refractivity contribution is 9.10. The van der Waals surface area contributed by atoms with E-state index in [1.54, 1.807) is 23.0 Å². The van der Waals surface area contributed by atoms with Gasteiger partial charge in [0.25, 0.3) is 0 Å². The van der Waals surface area contributed by atoms with Crippen LogP contribution in [0.1, 0.15) is 29.1 Å². The van der Waals surface area contributed by atoms with Gasteiger partial charge in [0.15, 0.2) is 0 Å². The van der Waals surface area contributed by atoms with Crippen molar-refractivity contribution in [3.05, 3.63) is 52.5 Å². The Labute approximate surface area is 107 Å². The Balaban J connectivity index is 2.44. The van der Waals surface area contributed by atoms with Crippen molar-refractivity contribution in [3.63, 3.8) is 0 Å². The maximum absolute atomic E-state index is 11.1. The van der Waals surface area contributed by atoms with Gasteiger partial charge in [0.2, 0.25) is 0 Å². The number of aromatic nitrogens is 2. The topological polar surface area (TPSA) is 55.1 Å². The van der Waals surface area contributed by atoms with Crippen molar-refractivity contribution in [3.8, 4) is 0 Å². The molecule has 0 aliphatic heterocycles. The summed E-state index contributed by atoms with van der Waals surface area (Å²) in [5.74, 6) is -0.946. The molecule has 0 fully saturated rings. The zero-order valence-corrected chi connectivity index (χ0v) is 10.8. The Morgan fingerprint density at radius 2 is 2.29 bits per heavy atom. The molecule has 2 aromatic heterocycles. The fraction of sp³-hybridized carbons (Fsp3) is 0.167. The number of halogens is 1. The van der Waals surface area contributed by atoms with Crippen LogP contribution in [-0.2, 0) is 0 Å². The zero-order valence-electron chi connectivity index (χ0n) is 9.17. The molecule has 0 saturated heterocycles. The third-order valence-electron chi connectivity index (χ3n) is 2.57. The summed E-state index contributed by atoms with van der Waals surface area (Å²) in [6.45, 7) is 1.92. The van der Waals surface area contributed by atoms with Crippen molar-refractivity contribution in [2.45, 2.75) is 13.0 Å². The first-order valence-electron chi connectivity index (χ1n) is 5.11. The molecule has 2 heterocycles. The van der Waals surface area contributed by atoms with E-state index in [9.17, 15) is 4.79 Å². The lowest BCUT2D eigenvalue weighted by atomic mass is 10.2. The van der Waals surface area contributed by atoms with Crippen LogP contribution in [0.15, 0.2) is 41.1 Å². The van der Waals surface area contributed by atoms with Gasteiger partial charge in [-0.1, -0.05) is 6.07 Å². The first-order valence-corrected chi connectivity index (χ1v) is 5.90. The van der Waals surface area contributed by atoms with Crippen LogP contribution in [0.25, 0.3) is 0 Å². The zero-order chi connectivity index (χ0) is 12.4. The molecule has 5 heteroatoms. The van der Waals surface area contributed by atoms with Crippen molar-refractivity contribution in [2.75, 3.05) is 0 Å². The minimum absolute atomic E-state index is 0.117. The molecule has 1 unspecified atom stereocenters. The molecule has 0 bridgehead atoms. The lowest BCUT2D eigenvalue weighted by Gasteiger charge is -2.14. The van der Waals surface area contributed by atoms with Gasteiger partial charge in [-0.15, -0.1) is 0 Å². The average molecular weight is 295 g/mol. The second-order valence-electron chi connectivity index (χ2n) is 3.69. The summed E-state index contributed by atoms with van der Waals surface area (Å²) in [6.07, 6.45) is 3.45. The van der Waals surface area contributed by atoms with Gasteiger partial charge in [-0.25, -0.2) is 4.79 Å². The highest BCUT2D eigenvalue weighted by atomic mass is 79.9. The molecule has 0 amide bonds. The molecule has 0 aromatic carbocycles. The summed E-state index contributed by atoms with van der Waals surface area (Å²) < 4.78 is 2.44. The molecule has 0 spiro atoms. The number of aromatic carboxylic acids is 1. The Kier molecular flexibility index (Phi) is 3.28. The molecule has 1 N–H and O–H groups in total. The van der Waals surface area contributed by atoms with E-state index >= 15 is 0 Å². The number of carbonyl (C=O) groups is 1. The number of rotatable bonds is 3. The standard InChI is InChI=1S/C12H11BrN2O2/c1-8(10-4-2-3-5-14-10)15-7-9(13)6-11(15)12(16)17/h2-8H,1H3,(H,16,17). The second-order valence-corrected chi connectivity index (χ2v) is 4.60. The van der Waals surface area contributed by atoms with Crippen LogP contribution in [0, 0.1) is 0 Å². The summed E-state index contributed by atoms with van der Waals surface area (Å²) in [6, 6.07) is 7.07. The van der Waals surface area contributed by atoms with Crippen LogP contribution in [0.2, 0.25) is 0 Å². The van der Waals surface area contributed by atoms with Crippen LogP contribution in [0.3, 0.4) is 0 Å². The van der Waals surface area contributed by atoms with Crippen molar-refractivity contribution >= 4 is 21.9 Å². The highest BCUT2D eigenvalue weighted by Gasteiger charge is 2.17. The van der Waals surface area contributed by atoms with Gasteiger partial charge in [-0.2, -0.15) is 0 Å². The van der Waals surface area contributed by atoms with Gasteiger partial charge in [-0.05, 0) is 41.1 Å². The Morgan fingerprint density at radius 3 is 2.88 bits per heavy atom. The predicted molar refractivity (Wildman–Crippen MR) is 67.1 cm³/mol. The first kappa shape index (κ1) is 11.9. The molecular formula is C12H11BrN2O2. The van der Waals surface area contributed by atoms with Crippen LogP contribution in [0.5, 0.6) is 0 Å². The maximum atomic E-state index is 11.1. The van der Waals surface area contributed by atoms with Crippen molar-refractivity contribution in [1.29, 1.82) is 0 Å². The fourth-order valence-corrected chi connectivity index (χ4v) is 2.14. The van der Waals surface area contributed by atoms with E-state index in [-0.39, 0.29) is 11.7 Å². The lowest BCUT2D eigenvalue weighted by Crippen LogP contribution is -2.13. The monoisotopic (exact) mass is 294 g/mol. The molecule has 0 saturated carbocycles. The minimum Gasteiger partial charge on any atom is -0.477 e. The van der Waals surface area contributed by atoms with Crippen molar-refractivity contribution in [1.82, 2.24) is 9.55 Å². The van der Waals surface area contributed by atoms with E-state index in [0.717, 1.165) is 10.2 Å². The normalized spacial score (nSPS) is 12.4. The third kappa shape index (κ3) is 2.39. The first-order chi connectivity index (χ1) is 8.09.